The largest absolute Gasteiger partial charge is 0.237 e. The maximum absolute atomic E-state index is 4.21. The Bertz CT molecular complexity index is 322. The van der Waals surface area contributed by atoms with Crippen LogP contribution in [-0.4, -0.2) is 9.60 Å². The lowest BCUT2D eigenvalue weighted by molar-refractivity contribution is 1.25. The molecule has 2 nitrogen and oxygen atoms in total. The fourth-order valence-corrected chi connectivity index (χ4v) is 1.86. The van der Waals surface area contributed by atoms with Crippen molar-refractivity contribution < 1.29 is 0 Å². The Kier molecular flexibility index (Phi) is 1.81. The molecular weight excluding hydrogens is 272 g/mol. The Morgan fingerprint density at radius 3 is 3.00 bits per heavy atom. The molecule has 0 aromatic carbocycles. The van der Waals surface area contributed by atoms with Gasteiger partial charge in [-0.1, -0.05) is 22.0 Å². The smallest absolute Gasteiger partial charge is 0.157 e. The average molecular weight is 276 g/mol. The van der Waals surface area contributed by atoms with Crippen LogP contribution in [0, 0.1) is 0 Å². The highest BCUT2D eigenvalue weighted by molar-refractivity contribution is 9.20. The highest BCUT2D eigenvalue weighted by atomic mass is 79.9. The molecule has 1 atom stereocenters. The molecule has 1 aliphatic rings. The van der Waals surface area contributed by atoms with Crippen LogP contribution >= 0.6 is 31.9 Å². The summed E-state index contributed by atoms with van der Waals surface area (Å²) in [6.45, 7) is 0. The number of nitrogens with zero attached hydrogens (tertiary/aromatic N) is 2. The fraction of sp³-hybridized carbons (Fsp3) is 0.143. The second kappa shape index (κ2) is 2.68. The average Bonchev–Trinajstić information content (AvgIpc) is 2.30. The van der Waals surface area contributed by atoms with Gasteiger partial charge in [-0.25, -0.2) is 9.98 Å². The third kappa shape index (κ3) is 1.14. The van der Waals surface area contributed by atoms with Crippen molar-refractivity contribution >= 4 is 42.3 Å². The second-order valence-electron chi connectivity index (χ2n) is 2.21. The van der Waals surface area contributed by atoms with Crippen LogP contribution < -0.4 is 0 Å². The third-order valence-electron chi connectivity index (χ3n) is 1.51. The van der Waals surface area contributed by atoms with E-state index in [0.29, 0.717) is 0 Å². The standard InChI is InChI=1S/C7H4Br2N2/c8-5-4-2-1-3-10-7(4)11-6(5)9/h1-3,5H/t5-/m0/s1. The van der Waals surface area contributed by atoms with Crippen LogP contribution in [0.25, 0.3) is 0 Å². The van der Waals surface area contributed by atoms with E-state index in [4.69, 9.17) is 0 Å². The van der Waals surface area contributed by atoms with E-state index in [1.54, 1.807) is 6.20 Å². The number of pyridine rings is 1. The Balaban J connectivity index is 2.58. The summed E-state index contributed by atoms with van der Waals surface area (Å²) in [6, 6.07) is 3.92. The predicted octanol–water partition coefficient (Wildman–Crippen LogP) is 2.96. The van der Waals surface area contributed by atoms with E-state index in [1.807, 2.05) is 12.1 Å². The molecule has 0 unspecified atom stereocenters. The SMILES string of the molecule is BrC1=Nc2ncccc2[C@@H]1Br. The van der Waals surface area contributed by atoms with Gasteiger partial charge < -0.3 is 0 Å². The van der Waals surface area contributed by atoms with Crippen molar-refractivity contribution in [3.05, 3.63) is 23.9 Å². The normalized spacial score (nSPS) is 21.3. The van der Waals surface area contributed by atoms with Gasteiger partial charge in [-0.3, -0.25) is 0 Å². The molecule has 2 heterocycles. The molecule has 1 aliphatic heterocycles. The lowest BCUT2D eigenvalue weighted by atomic mass is 10.2. The molecule has 0 saturated carbocycles. The number of aromatic nitrogens is 1. The van der Waals surface area contributed by atoms with Crippen molar-refractivity contribution in [2.45, 2.75) is 4.83 Å². The Labute approximate surface area is 81.0 Å². The van der Waals surface area contributed by atoms with Crippen molar-refractivity contribution in [1.29, 1.82) is 0 Å². The number of halogens is 2. The molecule has 0 bridgehead atoms. The van der Waals surface area contributed by atoms with Gasteiger partial charge >= 0.3 is 0 Å². The highest BCUT2D eigenvalue weighted by Crippen LogP contribution is 2.39. The van der Waals surface area contributed by atoms with Crippen molar-refractivity contribution in [1.82, 2.24) is 4.98 Å². The predicted molar refractivity (Wildman–Crippen MR) is 51.9 cm³/mol. The van der Waals surface area contributed by atoms with Gasteiger partial charge in [-0.2, -0.15) is 0 Å². The van der Waals surface area contributed by atoms with Crippen molar-refractivity contribution in [2.24, 2.45) is 4.99 Å². The van der Waals surface area contributed by atoms with Gasteiger partial charge in [-0.15, -0.1) is 0 Å². The first kappa shape index (κ1) is 7.43. The summed E-state index contributed by atoms with van der Waals surface area (Å²) in [7, 11) is 0. The summed E-state index contributed by atoms with van der Waals surface area (Å²) in [5.74, 6) is 0.807. The molecule has 0 spiro atoms. The van der Waals surface area contributed by atoms with E-state index >= 15 is 0 Å². The molecule has 0 aliphatic carbocycles. The first-order valence-corrected chi connectivity index (χ1v) is 4.83. The van der Waals surface area contributed by atoms with Gasteiger partial charge in [0.2, 0.25) is 0 Å². The Hall–Kier alpha value is -0.220. The maximum Gasteiger partial charge on any atom is 0.157 e. The van der Waals surface area contributed by atoms with Crippen LogP contribution in [0.15, 0.2) is 23.3 Å². The number of fused-ring (bicyclic) bond motifs is 1. The highest BCUT2D eigenvalue weighted by Gasteiger charge is 2.22. The van der Waals surface area contributed by atoms with E-state index in [1.165, 1.54) is 0 Å². The zero-order valence-electron chi connectivity index (χ0n) is 5.46. The first-order valence-electron chi connectivity index (χ1n) is 3.12. The van der Waals surface area contributed by atoms with E-state index < -0.39 is 0 Å². The topological polar surface area (TPSA) is 25.2 Å². The molecule has 0 amide bonds. The van der Waals surface area contributed by atoms with Gasteiger partial charge in [0.15, 0.2) is 5.82 Å². The molecular formula is C7H4Br2N2. The second-order valence-corrected chi connectivity index (χ2v) is 3.94. The van der Waals surface area contributed by atoms with E-state index in [9.17, 15) is 0 Å². The molecule has 1 aromatic heterocycles. The Morgan fingerprint density at radius 1 is 1.45 bits per heavy atom. The molecule has 2 rings (SSSR count). The van der Waals surface area contributed by atoms with E-state index in [0.717, 1.165) is 16.0 Å². The summed E-state index contributed by atoms with van der Waals surface area (Å²) in [6.07, 6.45) is 1.74. The lowest BCUT2D eigenvalue weighted by Gasteiger charge is -1.98. The van der Waals surface area contributed by atoms with Gasteiger partial charge in [0.25, 0.3) is 0 Å². The number of hydrogen-bond acceptors (Lipinski definition) is 2. The van der Waals surface area contributed by atoms with Crippen LogP contribution in [0.3, 0.4) is 0 Å². The molecule has 0 radical (unpaired) electrons. The zero-order valence-corrected chi connectivity index (χ0v) is 8.63. The first-order chi connectivity index (χ1) is 5.29. The molecule has 1 aromatic rings. The maximum atomic E-state index is 4.21. The molecule has 0 N–H and O–H groups in total. The molecule has 0 saturated heterocycles. The minimum atomic E-state index is 0.186. The Morgan fingerprint density at radius 2 is 2.27 bits per heavy atom. The molecule has 11 heavy (non-hydrogen) atoms. The fourth-order valence-electron chi connectivity index (χ4n) is 0.987. The summed E-state index contributed by atoms with van der Waals surface area (Å²) >= 11 is 6.83. The minimum Gasteiger partial charge on any atom is -0.237 e. The van der Waals surface area contributed by atoms with Gasteiger partial charge in [0.1, 0.15) is 4.62 Å². The molecule has 0 fully saturated rings. The van der Waals surface area contributed by atoms with E-state index in [2.05, 4.69) is 41.8 Å². The van der Waals surface area contributed by atoms with Crippen LogP contribution in [0.2, 0.25) is 0 Å². The summed E-state index contributed by atoms with van der Waals surface area (Å²) < 4.78 is 0.895. The number of aliphatic imine (C=N–C) groups is 1. The van der Waals surface area contributed by atoms with Gasteiger partial charge in [0.05, 0.1) is 4.83 Å². The van der Waals surface area contributed by atoms with E-state index in [-0.39, 0.29) is 4.83 Å². The molecule has 4 heteroatoms. The van der Waals surface area contributed by atoms with Gasteiger partial charge in [-0.05, 0) is 22.0 Å². The van der Waals surface area contributed by atoms with Crippen molar-refractivity contribution in [2.75, 3.05) is 0 Å². The third-order valence-corrected chi connectivity index (χ3v) is 3.69. The number of alkyl halides is 1. The molecule has 56 valence electrons. The number of rotatable bonds is 0. The minimum absolute atomic E-state index is 0.186. The summed E-state index contributed by atoms with van der Waals surface area (Å²) in [4.78, 5) is 8.51. The zero-order chi connectivity index (χ0) is 7.84. The number of hydrogen-bond donors (Lipinski definition) is 0. The monoisotopic (exact) mass is 274 g/mol. The van der Waals surface area contributed by atoms with Crippen molar-refractivity contribution in [3.63, 3.8) is 0 Å². The quantitative estimate of drug-likeness (QED) is 0.669. The summed E-state index contributed by atoms with van der Waals surface area (Å²) in [5, 5.41) is 0. The van der Waals surface area contributed by atoms with Crippen LogP contribution in [0.4, 0.5) is 5.82 Å². The van der Waals surface area contributed by atoms with Crippen molar-refractivity contribution in [3.8, 4) is 0 Å². The lowest BCUT2D eigenvalue weighted by Crippen LogP contribution is -1.90. The summed E-state index contributed by atoms with van der Waals surface area (Å²) in [5.41, 5.74) is 1.12. The van der Waals surface area contributed by atoms with Gasteiger partial charge in [0, 0.05) is 11.8 Å². The van der Waals surface area contributed by atoms with Crippen LogP contribution in [0.5, 0.6) is 0 Å². The van der Waals surface area contributed by atoms with Crippen LogP contribution in [-0.2, 0) is 0 Å². The van der Waals surface area contributed by atoms with Crippen LogP contribution in [0.1, 0.15) is 10.4 Å².